The second kappa shape index (κ2) is 11.6. The Morgan fingerprint density at radius 2 is 1.85 bits per heavy atom. The maximum atomic E-state index is 11.4. The lowest BCUT2D eigenvalue weighted by Crippen LogP contribution is -3.12. The van der Waals surface area contributed by atoms with Crippen LogP contribution in [-0.4, -0.2) is 38.9 Å². The molecule has 0 saturated heterocycles. The summed E-state index contributed by atoms with van der Waals surface area (Å²) in [5.74, 6) is 0. The largest absolute Gasteiger partial charge is 1.00 e. The van der Waals surface area contributed by atoms with E-state index in [1.54, 1.807) is 0 Å². The van der Waals surface area contributed by atoms with E-state index in [2.05, 4.69) is 19.2 Å². The molecule has 0 fully saturated rings. The third kappa shape index (κ3) is 8.02. The zero-order valence-corrected chi connectivity index (χ0v) is 13.1. The number of hydrogen-bond acceptors (Lipinski definition) is 2. The lowest BCUT2D eigenvalue weighted by atomic mass is 10.2. The maximum Gasteiger partial charge on any atom is 0.407 e. The highest BCUT2D eigenvalue weighted by Gasteiger charge is 2.05. The first kappa shape index (κ1) is 18.7. The molecule has 1 aromatic rings. The second-order valence-corrected chi connectivity index (χ2v) is 4.51. The summed E-state index contributed by atoms with van der Waals surface area (Å²) in [5.41, 5.74) is 1.18. The minimum atomic E-state index is -0.317. The molecule has 0 atom stereocenters. The van der Waals surface area contributed by atoms with Gasteiger partial charge in [-0.05, 0) is 19.4 Å². The maximum absolute atomic E-state index is 11.4. The third-order valence-corrected chi connectivity index (χ3v) is 3.21. The smallest absolute Gasteiger partial charge is 0.407 e. The molecule has 0 radical (unpaired) electrons. The molecule has 0 spiro atoms. The van der Waals surface area contributed by atoms with E-state index in [-0.39, 0.29) is 18.5 Å². The molecule has 114 valence electrons. The third-order valence-electron chi connectivity index (χ3n) is 3.21. The molecule has 0 aliphatic rings. The lowest BCUT2D eigenvalue weighted by molar-refractivity contribution is -0.895. The van der Waals surface area contributed by atoms with Gasteiger partial charge in [0.1, 0.15) is 0 Å². The highest BCUT2D eigenvalue weighted by atomic mass is 35.5. The first-order valence-corrected chi connectivity index (χ1v) is 7.04. The average Bonchev–Trinajstić information content (AvgIpc) is 2.45. The van der Waals surface area contributed by atoms with Crippen molar-refractivity contribution in [3.63, 3.8) is 0 Å². The van der Waals surface area contributed by atoms with E-state index in [9.17, 15) is 4.79 Å². The van der Waals surface area contributed by atoms with Crippen molar-refractivity contribution in [3.8, 4) is 0 Å². The fourth-order valence-corrected chi connectivity index (χ4v) is 1.90. The summed E-state index contributed by atoms with van der Waals surface area (Å²) in [6.07, 6.45) is 0.442. The molecule has 20 heavy (non-hydrogen) atoms. The number of nitrogens with one attached hydrogen (secondary N) is 2. The van der Waals surface area contributed by atoms with Gasteiger partial charge in [-0.15, -0.1) is 0 Å². The van der Waals surface area contributed by atoms with Gasteiger partial charge in [0.05, 0.1) is 32.8 Å². The van der Waals surface area contributed by atoms with Crippen molar-refractivity contribution in [3.05, 3.63) is 35.9 Å². The summed E-state index contributed by atoms with van der Waals surface area (Å²) >= 11 is 0. The summed E-state index contributed by atoms with van der Waals surface area (Å²) in [4.78, 5) is 12.9. The van der Waals surface area contributed by atoms with E-state index in [0.717, 1.165) is 26.1 Å². The highest BCUT2D eigenvalue weighted by molar-refractivity contribution is 5.67. The van der Waals surface area contributed by atoms with Crippen LogP contribution in [0, 0.1) is 0 Å². The van der Waals surface area contributed by atoms with Gasteiger partial charge in [-0.1, -0.05) is 30.3 Å². The highest BCUT2D eigenvalue weighted by Crippen LogP contribution is 1.99. The number of hydrogen-bond donors (Lipinski definition) is 2. The molecule has 2 N–H and O–H groups in total. The van der Waals surface area contributed by atoms with E-state index in [1.165, 1.54) is 10.5 Å². The van der Waals surface area contributed by atoms with Crippen molar-refractivity contribution in [2.24, 2.45) is 0 Å². The van der Waals surface area contributed by atoms with Crippen molar-refractivity contribution < 1.29 is 26.8 Å². The van der Waals surface area contributed by atoms with Crippen molar-refractivity contribution >= 4 is 6.09 Å². The Morgan fingerprint density at radius 3 is 2.45 bits per heavy atom. The van der Waals surface area contributed by atoms with Gasteiger partial charge in [0.2, 0.25) is 0 Å². The van der Waals surface area contributed by atoms with Crippen molar-refractivity contribution in [2.75, 3.05) is 32.8 Å². The minimum absolute atomic E-state index is 0. The van der Waals surface area contributed by atoms with Crippen molar-refractivity contribution in [2.45, 2.75) is 20.3 Å². The van der Waals surface area contributed by atoms with Gasteiger partial charge in [-0.2, -0.15) is 0 Å². The van der Waals surface area contributed by atoms with Crippen LogP contribution in [0.5, 0.6) is 0 Å². The van der Waals surface area contributed by atoms with E-state index < -0.39 is 0 Å². The molecule has 0 heterocycles. The Hall–Kier alpha value is -1.26. The first-order chi connectivity index (χ1) is 9.26. The fourth-order valence-electron chi connectivity index (χ4n) is 1.90. The number of carbonyl (C=O) groups excluding carboxylic acids is 1. The Kier molecular flexibility index (Phi) is 10.8. The number of likely N-dealkylation sites (N-methyl/N-ethyl adjacent to an activating group) is 1. The lowest BCUT2D eigenvalue weighted by Gasteiger charge is -2.15. The van der Waals surface area contributed by atoms with Crippen LogP contribution in [0.3, 0.4) is 0 Å². The van der Waals surface area contributed by atoms with Crippen LogP contribution >= 0.6 is 0 Å². The second-order valence-electron chi connectivity index (χ2n) is 4.51. The van der Waals surface area contributed by atoms with Gasteiger partial charge in [0.25, 0.3) is 0 Å². The zero-order chi connectivity index (χ0) is 13.9. The van der Waals surface area contributed by atoms with Gasteiger partial charge in [0, 0.05) is 6.42 Å². The van der Waals surface area contributed by atoms with Crippen LogP contribution in [0.4, 0.5) is 4.79 Å². The summed E-state index contributed by atoms with van der Waals surface area (Å²) < 4.78 is 5.14. The van der Waals surface area contributed by atoms with Gasteiger partial charge in [-0.25, -0.2) is 4.79 Å². The molecule has 1 rings (SSSR count). The SMILES string of the molecule is CC[NH+](CC)CCNC(=O)OCCc1ccccc1.[Cl-]. The molecule has 0 aliphatic heterocycles. The van der Waals surface area contributed by atoms with Crippen LogP contribution < -0.4 is 22.6 Å². The van der Waals surface area contributed by atoms with Crippen LogP contribution in [0.1, 0.15) is 19.4 Å². The molecule has 0 aliphatic carbocycles. The minimum Gasteiger partial charge on any atom is -1.00 e. The van der Waals surface area contributed by atoms with Crippen LogP contribution in [0.25, 0.3) is 0 Å². The quantitative estimate of drug-likeness (QED) is 0.577. The van der Waals surface area contributed by atoms with E-state index in [4.69, 9.17) is 4.74 Å². The number of benzene rings is 1. The molecule has 4 nitrogen and oxygen atoms in total. The number of rotatable bonds is 8. The predicted octanol–water partition coefficient (Wildman–Crippen LogP) is -2.12. The van der Waals surface area contributed by atoms with Crippen molar-refractivity contribution in [1.29, 1.82) is 0 Å². The molecule has 1 amide bonds. The van der Waals surface area contributed by atoms with Gasteiger partial charge in [0.15, 0.2) is 0 Å². The molecule has 0 bridgehead atoms. The zero-order valence-electron chi connectivity index (χ0n) is 12.3. The summed E-state index contributed by atoms with van der Waals surface area (Å²) in [6, 6.07) is 10.0. The van der Waals surface area contributed by atoms with Gasteiger partial charge in [-0.3, -0.25) is 0 Å². The topological polar surface area (TPSA) is 42.8 Å². The van der Waals surface area contributed by atoms with E-state index >= 15 is 0 Å². The van der Waals surface area contributed by atoms with Crippen LogP contribution in [0.15, 0.2) is 30.3 Å². The predicted molar refractivity (Wildman–Crippen MR) is 76.4 cm³/mol. The van der Waals surface area contributed by atoms with Crippen molar-refractivity contribution in [1.82, 2.24) is 5.32 Å². The first-order valence-electron chi connectivity index (χ1n) is 7.04. The Labute approximate surface area is 127 Å². The molecular weight excluding hydrogens is 276 g/mol. The Balaban J connectivity index is 0.00000361. The number of quaternary nitrogens is 1. The monoisotopic (exact) mass is 300 g/mol. The van der Waals surface area contributed by atoms with Crippen LogP contribution in [0.2, 0.25) is 0 Å². The Morgan fingerprint density at radius 1 is 1.20 bits per heavy atom. The molecule has 0 unspecified atom stereocenters. The summed E-state index contributed by atoms with van der Waals surface area (Å²) in [6.45, 7) is 8.51. The fraction of sp³-hybridized carbons (Fsp3) is 0.533. The molecule has 1 aromatic carbocycles. The number of carbonyl (C=O) groups is 1. The average molecular weight is 301 g/mol. The molecular formula is C15H25ClN2O2. The standard InChI is InChI=1S/C15H24N2O2.ClH/c1-3-17(4-2)12-11-16-15(18)19-13-10-14-8-6-5-7-9-14;/h5-9H,3-4,10-13H2,1-2H3,(H,16,18);1H. The molecule has 0 saturated carbocycles. The normalized spacial score (nSPS) is 9.95. The summed E-state index contributed by atoms with van der Waals surface area (Å²) in [5, 5.41) is 2.79. The molecule has 5 heteroatoms. The number of ether oxygens (including phenoxy) is 1. The van der Waals surface area contributed by atoms with Gasteiger partial charge >= 0.3 is 6.09 Å². The Bertz CT molecular complexity index is 356. The molecule has 0 aromatic heterocycles. The number of alkyl carbamates (subject to hydrolysis) is 1. The summed E-state index contributed by atoms with van der Waals surface area (Å²) in [7, 11) is 0. The number of amides is 1. The number of halogens is 1. The van der Waals surface area contributed by atoms with E-state index in [0.29, 0.717) is 13.2 Å². The van der Waals surface area contributed by atoms with Gasteiger partial charge < -0.3 is 27.4 Å². The van der Waals surface area contributed by atoms with Crippen LogP contribution in [-0.2, 0) is 11.2 Å². The van der Waals surface area contributed by atoms with E-state index in [1.807, 2.05) is 30.3 Å².